The Morgan fingerprint density at radius 1 is 0.697 bits per heavy atom. The highest BCUT2D eigenvalue weighted by atomic mass is 16.3. The molecule has 2 aromatic carbocycles. The summed E-state index contributed by atoms with van der Waals surface area (Å²) in [4.78, 5) is 0. The Labute approximate surface area is 195 Å². The van der Waals surface area contributed by atoms with Crippen LogP contribution in [-0.4, -0.2) is 0 Å². The average Bonchev–Trinajstić information content (AvgIpc) is 3.27. The Morgan fingerprint density at radius 3 is 2.00 bits per heavy atom. The van der Waals surface area contributed by atoms with Crippen molar-refractivity contribution in [3.05, 3.63) is 108 Å². The molecule has 0 N–H and O–H groups in total. The van der Waals surface area contributed by atoms with Crippen LogP contribution in [0.2, 0.25) is 0 Å². The van der Waals surface area contributed by atoms with Gasteiger partial charge in [0.2, 0.25) is 0 Å². The smallest absolute Gasteiger partial charge is 0.153 e. The van der Waals surface area contributed by atoms with Gasteiger partial charge in [0.25, 0.3) is 0 Å². The molecule has 0 amide bonds. The van der Waals surface area contributed by atoms with Crippen LogP contribution >= 0.6 is 0 Å². The maximum atomic E-state index is 10.3. The minimum Gasteiger partial charge on any atom is -0.454 e. The molecule has 2 nitrogen and oxygen atoms in total. The van der Waals surface area contributed by atoms with Crippen LogP contribution in [0, 0.1) is 18.3 Å². The molecular weight excluding hydrogens is 402 g/mol. The lowest BCUT2D eigenvalue weighted by molar-refractivity contribution is 0.598. The Hall–Kier alpha value is -4.09. The van der Waals surface area contributed by atoms with E-state index in [0.717, 1.165) is 33.6 Å². The second kappa shape index (κ2) is 8.45. The van der Waals surface area contributed by atoms with Crippen LogP contribution in [0.5, 0.6) is 0 Å². The maximum Gasteiger partial charge on any atom is 0.153 e. The lowest BCUT2D eigenvalue weighted by Gasteiger charge is -2.03. The van der Waals surface area contributed by atoms with Crippen LogP contribution < -0.4 is 0 Å². The summed E-state index contributed by atoms with van der Waals surface area (Å²) in [6, 6.07) is 33.4. The van der Waals surface area contributed by atoms with Crippen molar-refractivity contribution in [3.8, 4) is 51.0 Å². The van der Waals surface area contributed by atoms with E-state index in [1.54, 1.807) is 0 Å². The summed E-state index contributed by atoms with van der Waals surface area (Å²) < 4.78 is 6.57. The van der Waals surface area contributed by atoms with Gasteiger partial charge in [-0.25, -0.2) is 0 Å². The standard InChI is InChI=1S/C31H25NO/c1-20(2)24-15-10-16-25-26(18-24)21(3)17-27(25)31-28(19-32)29(22-11-6-4-7-12-22)30(33-31)23-13-8-5-9-14-23/h4-18,20H,1-3H3. The zero-order valence-corrected chi connectivity index (χ0v) is 19.1. The summed E-state index contributed by atoms with van der Waals surface area (Å²) in [5.41, 5.74) is 9.08. The predicted molar refractivity (Wildman–Crippen MR) is 135 cm³/mol. The summed E-state index contributed by atoms with van der Waals surface area (Å²) >= 11 is 0. The molecule has 1 heterocycles. The number of benzene rings is 2. The summed E-state index contributed by atoms with van der Waals surface area (Å²) in [6.45, 7) is 6.54. The summed E-state index contributed by atoms with van der Waals surface area (Å²) in [5.74, 6) is 1.79. The van der Waals surface area contributed by atoms with Gasteiger partial charge in [-0.1, -0.05) is 98.8 Å². The van der Waals surface area contributed by atoms with E-state index < -0.39 is 0 Å². The highest BCUT2D eigenvalue weighted by Gasteiger charge is 2.27. The minimum absolute atomic E-state index is 0.436. The van der Waals surface area contributed by atoms with Crippen molar-refractivity contribution < 1.29 is 4.42 Å². The van der Waals surface area contributed by atoms with E-state index in [-0.39, 0.29) is 0 Å². The Morgan fingerprint density at radius 2 is 1.36 bits per heavy atom. The molecule has 5 rings (SSSR count). The largest absolute Gasteiger partial charge is 0.454 e. The van der Waals surface area contributed by atoms with Crippen molar-refractivity contribution in [1.82, 2.24) is 0 Å². The monoisotopic (exact) mass is 427 g/mol. The molecule has 33 heavy (non-hydrogen) atoms. The van der Waals surface area contributed by atoms with Gasteiger partial charge in [0.15, 0.2) is 5.76 Å². The van der Waals surface area contributed by atoms with Gasteiger partial charge in [-0.05, 0) is 46.7 Å². The highest BCUT2D eigenvalue weighted by Crippen LogP contribution is 2.47. The molecule has 0 fully saturated rings. The molecule has 0 atom stereocenters. The molecule has 0 aliphatic heterocycles. The van der Waals surface area contributed by atoms with Crippen molar-refractivity contribution in [1.29, 1.82) is 5.26 Å². The van der Waals surface area contributed by atoms with Crippen molar-refractivity contribution in [2.45, 2.75) is 26.7 Å². The predicted octanol–water partition coefficient (Wildman–Crippen LogP) is 8.69. The van der Waals surface area contributed by atoms with Crippen molar-refractivity contribution in [3.63, 3.8) is 0 Å². The lowest BCUT2D eigenvalue weighted by Crippen LogP contribution is -1.85. The molecular formula is C31H25NO. The van der Waals surface area contributed by atoms with E-state index >= 15 is 0 Å². The summed E-state index contributed by atoms with van der Waals surface area (Å²) in [5, 5.41) is 10.3. The van der Waals surface area contributed by atoms with Crippen molar-refractivity contribution >= 4 is 0 Å². The van der Waals surface area contributed by atoms with E-state index in [4.69, 9.17) is 4.42 Å². The molecule has 0 radical (unpaired) electrons. The normalized spacial score (nSPS) is 11.1. The van der Waals surface area contributed by atoms with E-state index in [1.165, 1.54) is 16.7 Å². The summed E-state index contributed by atoms with van der Waals surface area (Å²) in [6.07, 6.45) is 0. The highest BCUT2D eigenvalue weighted by molar-refractivity contribution is 5.95. The minimum atomic E-state index is 0.436. The van der Waals surface area contributed by atoms with Gasteiger partial charge in [-0.2, -0.15) is 5.26 Å². The topological polar surface area (TPSA) is 36.9 Å². The first-order valence-corrected chi connectivity index (χ1v) is 11.3. The van der Waals surface area contributed by atoms with Gasteiger partial charge in [0.1, 0.15) is 17.4 Å². The maximum absolute atomic E-state index is 10.3. The second-order valence-electron chi connectivity index (χ2n) is 8.75. The lowest BCUT2D eigenvalue weighted by atomic mass is 9.96. The zero-order chi connectivity index (χ0) is 22.9. The molecule has 2 aliphatic carbocycles. The van der Waals surface area contributed by atoms with Crippen LogP contribution in [-0.2, 0) is 0 Å². The van der Waals surface area contributed by atoms with Crippen LogP contribution in [0.1, 0.15) is 36.5 Å². The van der Waals surface area contributed by atoms with E-state index in [1.807, 2.05) is 60.7 Å². The average molecular weight is 428 g/mol. The molecule has 2 aliphatic rings. The van der Waals surface area contributed by atoms with E-state index in [9.17, 15) is 5.26 Å². The molecule has 0 saturated heterocycles. The molecule has 1 aromatic heterocycles. The van der Waals surface area contributed by atoms with E-state index in [0.29, 0.717) is 17.2 Å². The fourth-order valence-corrected chi connectivity index (χ4v) is 4.52. The van der Waals surface area contributed by atoms with Crippen LogP contribution in [0.25, 0.3) is 44.9 Å². The summed E-state index contributed by atoms with van der Waals surface area (Å²) in [7, 11) is 0. The third-order valence-corrected chi connectivity index (χ3v) is 6.26. The Kier molecular flexibility index (Phi) is 5.32. The second-order valence-corrected chi connectivity index (χ2v) is 8.75. The van der Waals surface area contributed by atoms with Gasteiger partial charge >= 0.3 is 0 Å². The van der Waals surface area contributed by atoms with Gasteiger partial charge < -0.3 is 4.42 Å². The third-order valence-electron chi connectivity index (χ3n) is 6.26. The number of nitriles is 1. The number of hydrogen-bond acceptors (Lipinski definition) is 2. The van der Waals surface area contributed by atoms with Gasteiger partial charge in [-0.15, -0.1) is 0 Å². The number of fused-ring (bicyclic) bond motifs is 1. The van der Waals surface area contributed by atoms with Gasteiger partial charge in [-0.3, -0.25) is 0 Å². The first kappa shape index (κ1) is 20.8. The molecule has 160 valence electrons. The SMILES string of the molecule is Cc1cc(-c2oc(-c3ccccc3)c(-c3ccccc3)c2C#N)c2cccc(C(C)C)cc1-2. The zero-order valence-electron chi connectivity index (χ0n) is 19.1. The Balaban J connectivity index is 1.80. The van der Waals surface area contributed by atoms with Crippen LogP contribution in [0.15, 0.2) is 95.4 Å². The van der Waals surface area contributed by atoms with E-state index in [2.05, 4.69) is 57.2 Å². The third kappa shape index (κ3) is 3.62. The molecule has 3 aromatic rings. The molecule has 0 bridgehead atoms. The fourth-order valence-electron chi connectivity index (χ4n) is 4.52. The van der Waals surface area contributed by atoms with Gasteiger partial charge in [0.05, 0.1) is 0 Å². The fraction of sp³-hybridized carbons (Fsp3) is 0.129. The van der Waals surface area contributed by atoms with Gasteiger partial charge in [0, 0.05) is 16.7 Å². The van der Waals surface area contributed by atoms with Crippen LogP contribution in [0.3, 0.4) is 0 Å². The van der Waals surface area contributed by atoms with Crippen molar-refractivity contribution in [2.75, 3.05) is 0 Å². The van der Waals surface area contributed by atoms with Crippen molar-refractivity contribution in [2.24, 2.45) is 0 Å². The molecule has 0 spiro atoms. The number of hydrogen-bond donors (Lipinski definition) is 0. The molecule has 2 heteroatoms. The number of aryl methyl sites for hydroxylation is 1. The van der Waals surface area contributed by atoms with Crippen LogP contribution in [0.4, 0.5) is 0 Å². The number of furan rings is 1. The quantitative estimate of drug-likeness (QED) is 0.288. The first-order chi connectivity index (χ1) is 16.1. The number of nitrogens with zero attached hydrogens (tertiary/aromatic N) is 1. The Bertz CT molecular complexity index is 1440. The first-order valence-electron chi connectivity index (χ1n) is 11.3. The molecule has 0 unspecified atom stereocenters. The molecule has 0 saturated carbocycles. The number of rotatable bonds is 4.